The molecule has 1 aromatic rings. The van der Waals surface area contributed by atoms with Gasteiger partial charge in [0.2, 0.25) is 15.9 Å². The van der Waals surface area contributed by atoms with E-state index in [2.05, 4.69) is 5.32 Å². The molecule has 0 bridgehead atoms. The zero-order chi connectivity index (χ0) is 17.3. The monoisotopic (exact) mass is 342 g/mol. The Balaban J connectivity index is 2.54. The van der Waals surface area contributed by atoms with Gasteiger partial charge in [0, 0.05) is 39.8 Å². The van der Waals surface area contributed by atoms with E-state index in [1.807, 2.05) is 31.2 Å². The van der Waals surface area contributed by atoms with Gasteiger partial charge in [-0.05, 0) is 18.9 Å². The maximum Gasteiger partial charge on any atom is 0.221 e. The highest BCUT2D eigenvalue weighted by Crippen LogP contribution is 2.11. The third kappa shape index (κ3) is 8.11. The summed E-state index contributed by atoms with van der Waals surface area (Å²) in [5.41, 5.74) is 1.99. The van der Waals surface area contributed by atoms with E-state index in [1.54, 1.807) is 7.11 Å². The van der Waals surface area contributed by atoms with Crippen molar-refractivity contribution in [2.45, 2.75) is 26.3 Å². The predicted molar refractivity (Wildman–Crippen MR) is 90.6 cm³/mol. The van der Waals surface area contributed by atoms with Gasteiger partial charge in [-0.25, -0.2) is 8.42 Å². The summed E-state index contributed by atoms with van der Waals surface area (Å²) in [7, 11) is -1.76. The third-order valence-corrected chi connectivity index (χ3v) is 4.60. The van der Waals surface area contributed by atoms with Gasteiger partial charge >= 0.3 is 0 Å². The largest absolute Gasteiger partial charge is 0.385 e. The van der Waals surface area contributed by atoms with Crippen LogP contribution in [-0.4, -0.2) is 51.7 Å². The third-order valence-electron chi connectivity index (χ3n) is 3.35. The van der Waals surface area contributed by atoms with E-state index in [-0.39, 0.29) is 25.4 Å². The van der Waals surface area contributed by atoms with Crippen LogP contribution in [-0.2, 0) is 26.1 Å². The number of carbonyl (C=O) groups is 1. The van der Waals surface area contributed by atoms with Crippen molar-refractivity contribution in [1.29, 1.82) is 0 Å². The molecule has 0 unspecified atom stereocenters. The molecular weight excluding hydrogens is 316 g/mol. The fourth-order valence-electron chi connectivity index (χ4n) is 2.14. The number of hydrogen-bond donors (Lipinski definition) is 1. The number of ether oxygens (including phenoxy) is 1. The van der Waals surface area contributed by atoms with Gasteiger partial charge in [0.1, 0.15) is 0 Å². The minimum absolute atomic E-state index is 0.145. The van der Waals surface area contributed by atoms with E-state index in [0.29, 0.717) is 13.2 Å². The van der Waals surface area contributed by atoms with E-state index < -0.39 is 10.0 Å². The minimum Gasteiger partial charge on any atom is -0.385 e. The van der Waals surface area contributed by atoms with Crippen molar-refractivity contribution >= 4 is 15.9 Å². The molecule has 0 aromatic heterocycles. The SMILES string of the molecule is COCCCNC(=O)CCN(Cc1cccc(C)c1)S(C)(=O)=O. The molecular formula is C16H26N2O4S. The topological polar surface area (TPSA) is 75.7 Å². The first-order chi connectivity index (χ1) is 10.8. The first kappa shape index (κ1) is 19.6. The fraction of sp³-hybridized carbons (Fsp3) is 0.562. The van der Waals surface area contributed by atoms with E-state index in [4.69, 9.17) is 4.74 Å². The van der Waals surface area contributed by atoms with Crippen LogP contribution in [0, 0.1) is 6.92 Å². The number of amides is 1. The average Bonchev–Trinajstić information content (AvgIpc) is 2.47. The Morgan fingerprint density at radius 3 is 2.70 bits per heavy atom. The lowest BCUT2D eigenvalue weighted by Crippen LogP contribution is -2.34. The highest BCUT2D eigenvalue weighted by molar-refractivity contribution is 7.88. The van der Waals surface area contributed by atoms with Crippen LogP contribution in [0.1, 0.15) is 24.0 Å². The molecule has 0 saturated heterocycles. The summed E-state index contributed by atoms with van der Waals surface area (Å²) in [5.74, 6) is -0.154. The number of aryl methyl sites for hydroxylation is 1. The fourth-order valence-corrected chi connectivity index (χ4v) is 2.94. The molecule has 0 aliphatic heterocycles. The normalized spacial score (nSPS) is 11.7. The standard InChI is InChI=1S/C16H26N2O4S/c1-14-6-4-7-15(12-14)13-18(23(3,20)21)10-8-16(19)17-9-5-11-22-2/h4,6-7,12H,5,8-11,13H2,1-3H3,(H,17,19). The highest BCUT2D eigenvalue weighted by atomic mass is 32.2. The molecule has 0 aliphatic carbocycles. The summed E-state index contributed by atoms with van der Waals surface area (Å²) in [5, 5.41) is 2.76. The second-order valence-electron chi connectivity index (χ2n) is 5.53. The first-order valence-corrected chi connectivity index (χ1v) is 9.44. The molecule has 0 spiro atoms. The maximum absolute atomic E-state index is 11.9. The number of benzene rings is 1. The molecule has 1 aromatic carbocycles. The van der Waals surface area contributed by atoms with Crippen molar-refractivity contribution in [2.24, 2.45) is 0 Å². The van der Waals surface area contributed by atoms with Gasteiger partial charge in [0.05, 0.1) is 6.26 Å². The first-order valence-electron chi connectivity index (χ1n) is 7.59. The lowest BCUT2D eigenvalue weighted by atomic mass is 10.1. The lowest BCUT2D eigenvalue weighted by Gasteiger charge is -2.20. The summed E-state index contributed by atoms with van der Waals surface area (Å²) < 4.78 is 30.1. The van der Waals surface area contributed by atoms with E-state index in [1.165, 1.54) is 10.6 Å². The number of rotatable bonds is 10. The Labute approximate surface area is 138 Å². The van der Waals surface area contributed by atoms with Gasteiger partial charge in [-0.2, -0.15) is 4.31 Å². The van der Waals surface area contributed by atoms with Crippen LogP contribution in [0.5, 0.6) is 0 Å². The maximum atomic E-state index is 11.9. The molecule has 1 N–H and O–H groups in total. The van der Waals surface area contributed by atoms with Crippen molar-refractivity contribution in [2.75, 3.05) is 33.1 Å². The number of nitrogens with one attached hydrogen (secondary N) is 1. The van der Waals surface area contributed by atoms with Crippen molar-refractivity contribution < 1.29 is 17.9 Å². The smallest absolute Gasteiger partial charge is 0.221 e. The Morgan fingerprint density at radius 1 is 1.35 bits per heavy atom. The van der Waals surface area contributed by atoms with Crippen LogP contribution in [0.25, 0.3) is 0 Å². The number of carbonyl (C=O) groups excluding carboxylic acids is 1. The second-order valence-corrected chi connectivity index (χ2v) is 7.51. The Kier molecular flexibility index (Phi) is 8.22. The summed E-state index contributed by atoms with van der Waals surface area (Å²) in [6, 6.07) is 7.69. The van der Waals surface area contributed by atoms with Crippen molar-refractivity contribution in [3.8, 4) is 0 Å². The summed E-state index contributed by atoms with van der Waals surface area (Å²) in [4.78, 5) is 11.8. The molecule has 0 aliphatic rings. The van der Waals surface area contributed by atoms with Gasteiger partial charge in [-0.1, -0.05) is 29.8 Å². The molecule has 0 heterocycles. The van der Waals surface area contributed by atoms with Crippen LogP contribution in [0.3, 0.4) is 0 Å². The average molecular weight is 342 g/mol. The zero-order valence-electron chi connectivity index (χ0n) is 14.0. The number of methoxy groups -OCH3 is 1. The van der Waals surface area contributed by atoms with Crippen LogP contribution in [0.15, 0.2) is 24.3 Å². The van der Waals surface area contributed by atoms with Crippen LogP contribution >= 0.6 is 0 Å². The molecule has 0 saturated carbocycles. The molecule has 1 amide bonds. The Bertz CT molecular complexity index is 602. The van der Waals surface area contributed by atoms with E-state index >= 15 is 0 Å². The zero-order valence-corrected chi connectivity index (χ0v) is 14.9. The summed E-state index contributed by atoms with van der Waals surface area (Å²) >= 11 is 0. The van der Waals surface area contributed by atoms with Gasteiger partial charge in [-0.3, -0.25) is 4.79 Å². The molecule has 7 heteroatoms. The Morgan fingerprint density at radius 2 is 2.09 bits per heavy atom. The number of nitrogens with zero attached hydrogens (tertiary/aromatic N) is 1. The molecule has 6 nitrogen and oxygen atoms in total. The molecule has 1 rings (SSSR count). The van der Waals surface area contributed by atoms with Gasteiger partial charge in [-0.15, -0.1) is 0 Å². The van der Waals surface area contributed by atoms with Crippen LogP contribution in [0.4, 0.5) is 0 Å². The van der Waals surface area contributed by atoms with Gasteiger partial charge in [0.25, 0.3) is 0 Å². The quantitative estimate of drug-likeness (QED) is 0.650. The van der Waals surface area contributed by atoms with E-state index in [0.717, 1.165) is 17.5 Å². The minimum atomic E-state index is -3.37. The molecule has 0 atom stereocenters. The number of sulfonamides is 1. The van der Waals surface area contributed by atoms with Crippen molar-refractivity contribution in [3.05, 3.63) is 35.4 Å². The van der Waals surface area contributed by atoms with Crippen LogP contribution in [0.2, 0.25) is 0 Å². The summed E-state index contributed by atoms with van der Waals surface area (Å²) in [6.45, 7) is 3.52. The molecule has 0 fully saturated rings. The van der Waals surface area contributed by atoms with E-state index in [9.17, 15) is 13.2 Å². The predicted octanol–water partition coefficient (Wildman–Crippen LogP) is 1.30. The molecule has 0 radical (unpaired) electrons. The van der Waals surface area contributed by atoms with Crippen LogP contribution < -0.4 is 5.32 Å². The molecule has 23 heavy (non-hydrogen) atoms. The summed E-state index contributed by atoms with van der Waals surface area (Å²) in [6.07, 6.45) is 2.05. The molecule has 130 valence electrons. The van der Waals surface area contributed by atoms with Crippen molar-refractivity contribution in [1.82, 2.24) is 9.62 Å². The number of hydrogen-bond acceptors (Lipinski definition) is 4. The van der Waals surface area contributed by atoms with Gasteiger partial charge < -0.3 is 10.1 Å². The van der Waals surface area contributed by atoms with Gasteiger partial charge in [0.15, 0.2) is 0 Å². The van der Waals surface area contributed by atoms with Crippen molar-refractivity contribution in [3.63, 3.8) is 0 Å². The Hall–Kier alpha value is -1.44. The second kappa shape index (κ2) is 9.64. The highest BCUT2D eigenvalue weighted by Gasteiger charge is 2.18. The lowest BCUT2D eigenvalue weighted by molar-refractivity contribution is -0.121.